The minimum absolute atomic E-state index is 0.154. The molecule has 0 aliphatic heterocycles. The van der Waals surface area contributed by atoms with Crippen LogP contribution in [-0.2, 0) is 0 Å². The van der Waals surface area contributed by atoms with Gasteiger partial charge >= 0.3 is 0 Å². The summed E-state index contributed by atoms with van der Waals surface area (Å²) in [6, 6.07) is 4.15. The van der Waals surface area contributed by atoms with Gasteiger partial charge in [0.2, 0.25) is 0 Å². The highest BCUT2D eigenvalue weighted by Gasteiger charge is 2.13. The van der Waals surface area contributed by atoms with Crippen molar-refractivity contribution in [3.05, 3.63) is 39.3 Å². The highest BCUT2D eigenvalue weighted by atomic mass is 79.9. The van der Waals surface area contributed by atoms with Gasteiger partial charge in [-0.2, -0.15) is 5.10 Å². The standard InChI is InChI=1S/C9H10BrN3S/c10-7-4-9(14-6-7)8(5-11)13-3-1-2-12-13/h1-4,6,8H,5,11H2. The van der Waals surface area contributed by atoms with Gasteiger partial charge in [-0.15, -0.1) is 11.3 Å². The maximum absolute atomic E-state index is 5.74. The maximum atomic E-state index is 5.74. The minimum atomic E-state index is 0.154. The maximum Gasteiger partial charge on any atom is 0.0982 e. The number of rotatable bonds is 3. The van der Waals surface area contributed by atoms with Crippen molar-refractivity contribution >= 4 is 27.3 Å². The molecule has 0 saturated heterocycles. The number of nitrogens with two attached hydrogens (primary N) is 1. The molecule has 0 fully saturated rings. The Labute approximate surface area is 94.7 Å². The first-order valence-electron chi connectivity index (χ1n) is 4.24. The Morgan fingerprint density at radius 3 is 3.00 bits per heavy atom. The lowest BCUT2D eigenvalue weighted by molar-refractivity contribution is 0.539. The van der Waals surface area contributed by atoms with Crippen LogP contribution in [0.2, 0.25) is 0 Å². The fraction of sp³-hybridized carbons (Fsp3) is 0.222. The average Bonchev–Trinajstić information content (AvgIpc) is 2.79. The van der Waals surface area contributed by atoms with Gasteiger partial charge in [0.05, 0.1) is 6.04 Å². The van der Waals surface area contributed by atoms with Gasteiger partial charge in [-0.3, -0.25) is 4.68 Å². The highest BCUT2D eigenvalue weighted by Crippen LogP contribution is 2.27. The van der Waals surface area contributed by atoms with Gasteiger partial charge in [0.1, 0.15) is 0 Å². The molecule has 0 aromatic carbocycles. The Morgan fingerprint density at radius 2 is 2.50 bits per heavy atom. The summed E-state index contributed by atoms with van der Waals surface area (Å²) >= 11 is 5.13. The molecule has 2 aromatic heterocycles. The van der Waals surface area contributed by atoms with Gasteiger partial charge in [0, 0.05) is 33.7 Å². The van der Waals surface area contributed by atoms with Crippen LogP contribution in [0.5, 0.6) is 0 Å². The molecule has 1 atom stereocenters. The van der Waals surface area contributed by atoms with E-state index in [1.165, 1.54) is 4.88 Å². The van der Waals surface area contributed by atoms with Crippen molar-refractivity contribution in [3.8, 4) is 0 Å². The fourth-order valence-electron chi connectivity index (χ4n) is 1.32. The Kier molecular flexibility index (Phi) is 3.00. The molecular weight excluding hydrogens is 262 g/mol. The summed E-state index contributed by atoms with van der Waals surface area (Å²) in [4.78, 5) is 1.23. The predicted molar refractivity (Wildman–Crippen MR) is 61.4 cm³/mol. The fourth-order valence-corrected chi connectivity index (χ4v) is 2.87. The van der Waals surface area contributed by atoms with E-state index in [1.54, 1.807) is 17.5 Å². The van der Waals surface area contributed by atoms with Crippen molar-refractivity contribution in [3.63, 3.8) is 0 Å². The molecule has 14 heavy (non-hydrogen) atoms. The van der Waals surface area contributed by atoms with Gasteiger partial charge in [-0.25, -0.2) is 0 Å². The van der Waals surface area contributed by atoms with E-state index in [0.717, 1.165) is 4.47 Å². The average molecular weight is 272 g/mol. The van der Waals surface area contributed by atoms with E-state index in [2.05, 4.69) is 32.5 Å². The topological polar surface area (TPSA) is 43.8 Å². The van der Waals surface area contributed by atoms with E-state index in [-0.39, 0.29) is 6.04 Å². The second kappa shape index (κ2) is 4.25. The first kappa shape index (κ1) is 9.89. The summed E-state index contributed by atoms with van der Waals surface area (Å²) in [5.41, 5.74) is 5.74. The van der Waals surface area contributed by atoms with E-state index >= 15 is 0 Å². The Balaban J connectivity index is 2.31. The van der Waals surface area contributed by atoms with Crippen molar-refractivity contribution in [1.82, 2.24) is 9.78 Å². The van der Waals surface area contributed by atoms with Crippen LogP contribution in [-0.4, -0.2) is 16.3 Å². The first-order chi connectivity index (χ1) is 6.81. The van der Waals surface area contributed by atoms with E-state index < -0.39 is 0 Å². The molecular formula is C9H10BrN3S. The molecule has 2 N–H and O–H groups in total. The molecule has 0 bridgehead atoms. The molecule has 2 heterocycles. The zero-order chi connectivity index (χ0) is 9.97. The highest BCUT2D eigenvalue weighted by molar-refractivity contribution is 9.10. The molecule has 0 aliphatic carbocycles. The van der Waals surface area contributed by atoms with E-state index in [4.69, 9.17) is 5.73 Å². The molecule has 0 aliphatic rings. The summed E-state index contributed by atoms with van der Waals surface area (Å²) < 4.78 is 2.99. The number of thiophene rings is 1. The molecule has 1 unspecified atom stereocenters. The van der Waals surface area contributed by atoms with Crippen LogP contribution in [0.3, 0.4) is 0 Å². The SMILES string of the molecule is NCC(c1cc(Br)cs1)n1cccn1. The van der Waals surface area contributed by atoms with Crippen LogP contribution in [0.4, 0.5) is 0 Å². The summed E-state index contributed by atoms with van der Waals surface area (Å²) in [6.07, 6.45) is 3.70. The summed E-state index contributed by atoms with van der Waals surface area (Å²) in [7, 11) is 0. The second-order valence-electron chi connectivity index (χ2n) is 2.90. The van der Waals surface area contributed by atoms with Crippen molar-refractivity contribution < 1.29 is 0 Å². The Morgan fingerprint density at radius 1 is 1.64 bits per heavy atom. The van der Waals surface area contributed by atoms with Crippen LogP contribution < -0.4 is 5.73 Å². The predicted octanol–water partition coefficient (Wildman–Crippen LogP) is 2.26. The van der Waals surface area contributed by atoms with Crippen LogP contribution in [0.1, 0.15) is 10.9 Å². The molecule has 2 rings (SSSR count). The van der Waals surface area contributed by atoms with Crippen molar-refractivity contribution in [1.29, 1.82) is 0 Å². The summed E-state index contributed by atoms with van der Waals surface area (Å²) in [5.74, 6) is 0. The van der Waals surface area contributed by atoms with Gasteiger partial charge in [0.15, 0.2) is 0 Å². The molecule has 0 amide bonds. The zero-order valence-corrected chi connectivity index (χ0v) is 9.83. The van der Waals surface area contributed by atoms with Crippen LogP contribution >= 0.6 is 27.3 Å². The molecule has 0 saturated carbocycles. The zero-order valence-electron chi connectivity index (χ0n) is 7.43. The van der Waals surface area contributed by atoms with Crippen LogP contribution in [0.25, 0.3) is 0 Å². The molecule has 2 aromatic rings. The Bertz CT molecular complexity index is 396. The lowest BCUT2D eigenvalue weighted by atomic mass is 10.2. The van der Waals surface area contributed by atoms with Gasteiger partial charge < -0.3 is 5.73 Å². The molecule has 74 valence electrons. The van der Waals surface area contributed by atoms with Gasteiger partial charge in [0.25, 0.3) is 0 Å². The lowest BCUT2D eigenvalue weighted by Crippen LogP contribution is -2.19. The third kappa shape index (κ3) is 1.89. The molecule has 0 spiro atoms. The van der Waals surface area contributed by atoms with Crippen LogP contribution in [0.15, 0.2) is 34.4 Å². The quantitative estimate of drug-likeness (QED) is 0.931. The van der Waals surface area contributed by atoms with Crippen molar-refractivity contribution in [2.24, 2.45) is 5.73 Å². The molecule has 0 radical (unpaired) electrons. The molecule has 3 nitrogen and oxygen atoms in total. The Hall–Kier alpha value is -0.650. The smallest absolute Gasteiger partial charge is 0.0982 e. The lowest BCUT2D eigenvalue weighted by Gasteiger charge is -2.12. The van der Waals surface area contributed by atoms with E-state index in [1.807, 2.05) is 16.9 Å². The summed E-state index contributed by atoms with van der Waals surface area (Å²) in [6.45, 7) is 0.564. The van der Waals surface area contributed by atoms with E-state index in [9.17, 15) is 0 Å². The number of aromatic nitrogens is 2. The number of hydrogen-bond donors (Lipinski definition) is 1. The van der Waals surface area contributed by atoms with Gasteiger partial charge in [-0.05, 0) is 28.1 Å². The normalized spacial score (nSPS) is 13.0. The largest absolute Gasteiger partial charge is 0.328 e. The van der Waals surface area contributed by atoms with Crippen molar-refractivity contribution in [2.45, 2.75) is 6.04 Å². The molecule has 5 heteroatoms. The van der Waals surface area contributed by atoms with E-state index in [0.29, 0.717) is 6.54 Å². The third-order valence-corrected chi connectivity index (χ3v) is 3.78. The minimum Gasteiger partial charge on any atom is -0.328 e. The van der Waals surface area contributed by atoms with Gasteiger partial charge in [-0.1, -0.05) is 0 Å². The number of hydrogen-bond acceptors (Lipinski definition) is 3. The number of halogens is 1. The van der Waals surface area contributed by atoms with Crippen LogP contribution in [0, 0.1) is 0 Å². The second-order valence-corrected chi connectivity index (χ2v) is 4.76. The van der Waals surface area contributed by atoms with Crippen molar-refractivity contribution in [2.75, 3.05) is 6.54 Å². The monoisotopic (exact) mass is 271 g/mol. The number of nitrogens with zero attached hydrogens (tertiary/aromatic N) is 2. The third-order valence-electron chi connectivity index (χ3n) is 1.98. The summed E-state index contributed by atoms with van der Waals surface area (Å²) in [5, 5.41) is 6.26. The first-order valence-corrected chi connectivity index (χ1v) is 5.91.